The minimum absolute atomic E-state index is 0.201. The number of fused-ring (bicyclic) bond motifs is 1. The molecule has 0 amide bonds. The molecular weight excluding hydrogens is 338 g/mol. The maximum atomic E-state index is 11.9. The Morgan fingerprint density at radius 1 is 1.29 bits per heavy atom. The molecule has 2 heterocycles. The second-order valence-electron chi connectivity index (χ2n) is 4.58. The monoisotopic (exact) mass is 349 g/mol. The van der Waals surface area contributed by atoms with Gasteiger partial charge in [0, 0.05) is 16.1 Å². The lowest BCUT2D eigenvalue weighted by molar-refractivity contribution is 0.174. The minimum Gasteiger partial charge on any atom is -0.454 e. The Bertz CT molecular complexity index is 799. The van der Waals surface area contributed by atoms with Gasteiger partial charge in [-0.3, -0.25) is 4.79 Å². The Hall–Kier alpha value is -2.28. The summed E-state index contributed by atoms with van der Waals surface area (Å²) in [7, 11) is 0. The summed E-state index contributed by atoms with van der Waals surface area (Å²) in [6.45, 7) is 2.01. The number of hydrogen-bond acceptors (Lipinski definition) is 5. The second kappa shape index (κ2) is 5.25. The van der Waals surface area contributed by atoms with E-state index in [1.165, 1.54) is 6.07 Å². The van der Waals surface area contributed by atoms with Crippen LogP contribution in [0.5, 0.6) is 11.5 Å². The normalized spacial score (nSPS) is 13.0. The maximum absolute atomic E-state index is 11.9. The average Bonchev–Trinajstić information content (AvgIpc) is 2.84. The molecule has 108 valence electrons. The minimum atomic E-state index is -0.277. The molecule has 3 rings (SSSR count). The fourth-order valence-electron chi connectivity index (χ4n) is 1.99. The number of benzene rings is 1. The second-order valence-corrected chi connectivity index (χ2v) is 5.43. The van der Waals surface area contributed by atoms with Crippen molar-refractivity contribution in [2.24, 2.45) is 5.10 Å². The van der Waals surface area contributed by atoms with Gasteiger partial charge in [-0.25, -0.2) is 0 Å². The quantitative estimate of drug-likeness (QED) is 0.842. The van der Waals surface area contributed by atoms with E-state index in [0.717, 1.165) is 20.3 Å². The number of aryl methyl sites for hydroxylation is 1. The van der Waals surface area contributed by atoms with Crippen LogP contribution in [0.2, 0.25) is 0 Å². The summed E-state index contributed by atoms with van der Waals surface area (Å²) in [5, 5.41) is 4.13. The summed E-state index contributed by atoms with van der Waals surface area (Å²) in [6.07, 6.45) is 1.54. The first-order chi connectivity index (χ1) is 10.0. The largest absolute Gasteiger partial charge is 0.454 e. The van der Waals surface area contributed by atoms with Crippen molar-refractivity contribution >= 4 is 28.0 Å². The number of halogens is 1. The molecule has 1 aliphatic heterocycles. The average molecular weight is 350 g/mol. The van der Waals surface area contributed by atoms with Gasteiger partial charge in [0.25, 0.3) is 5.56 Å². The van der Waals surface area contributed by atoms with E-state index >= 15 is 0 Å². The predicted octanol–water partition coefficient (Wildman–Crippen LogP) is 2.11. The van der Waals surface area contributed by atoms with Crippen LogP contribution in [0.4, 0.5) is 5.82 Å². The number of hydrogen-bond donors (Lipinski definition) is 1. The van der Waals surface area contributed by atoms with Crippen molar-refractivity contribution in [2.45, 2.75) is 6.92 Å². The lowest BCUT2D eigenvalue weighted by Gasteiger charge is -2.05. The van der Waals surface area contributed by atoms with Crippen LogP contribution in [0.3, 0.4) is 0 Å². The van der Waals surface area contributed by atoms with E-state index in [2.05, 4.69) is 21.0 Å². The fraction of sp³-hybridized carbons (Fsp3) is 0.143. The van der Waals surface area contributed by atoms with Crippen LogP contribution >= 0.6 is 15.9 Å². The van der Waals surface area contributed by atoms with Crippen molar-refractivity contribution in [2.75, 3.05) is 12.5 Å². The molecule has 2 aromatic rings. The molecule has 0 aliphatic carbocycles. The highest BCUT2D eigenvalue weighted by atomic mass is 79.9. The summed E-state index contributed by atoms with van der Waals surface area (Å²) >= 11 is 3.43. The molecule has 0 saturated carbocycles. The van der Waals surface area contributed by atoms with Crippen molar-refractivity contribution in [1.82, 2.24) is 4.68 Å². The Morgan fingerprint density at radius 3 is 2.71 bits per heavy atom. The highest BCUT2D eigenvalue weighted by Crippen LogP contribution is 2.36. The summed E-state index contributed by atoms with van der Waals surface area (Å²) in [5.74, 6) is 1.60. The van der Waals surface area contributed by atoms with Gasteiger partial charge in [-0.15, -0.1) is 0 Å². The SMILES string of the molecule is Cc1cc(N)n(/N=C\c2cc3c(cc2Br)OCO3)c(=O)c1. The number of nitrogen functional groups attached to an aromatic ring is 1. The molecule has 0 fully saturated rings. The highest BCUT2D eigenvalue weighted by molar-refractivity contribution is 9.10. The van der Waals surface area contributed by atoms with Gasteiger partial charge in [0.05, 0.1) is 6.21 Å². The van der Waals surface area contributed by atoms with Crippen LogP contribution in [0.25, 0.3) is 0 Å². The van der Waals surface area contributed by atoms with E-state index < -0.39 is 0 Å². The third-order valence-electron chi connectivity index (χ3n) is 2.98. The molecule has 21 heavy (non-hydrogen) atoms. The molecule has 1 aliphatic rings. The molecule has 7 heteroatoms. The van der Waals surface area contributed by atoms with Crippen molar-refractivity contribution < 1.29 is 9.47 Å². The number of ether oxygens (including phenoxy) is 2. The Morgan fingerprint density at radius 2 is 2.00 bits per heavy atom. The molecule has 6 nitrogen and oxygen atoms in total. The van der Waals surface area contributed by atoms with Crippen LogP contribution in [-0.4, -0.2) is 17.7 Å². The number of nitrogens with zero attached hydrogens (tertiary/aromatic N) is 2. The first kappa shape index (κ1) is 13.7. The van der Waals surface area contributed by atoms with E-state index in [4.69, 9.17) is 15.2 Å². The lowest BCUT2D eigenvalue weighted by atomic mass is 10.2. The molecule has 0 radical (unpaired) electrons. The van der Waals surface area contributed by atoms with Gasteiger partial charge in [-0.05, 0) is 46.6 Å². The predicted molar refractivity (Wildman–Crippen MR) is 83.1 cm³/mol. The smallest absolute Gasteiger partial charge is 0.273 e. The third-order valence-corrected chi connectivity index (χ3v) is 3.67. The van der Waals surface area contributed by atoms with Crippen LogP contribution in [0.15, 0.2) is 38.6 Å². The van der Waals surface area contributed by atoms with Gasteiger partial charge in [0.2, 0.25) is 6.79 Å². The van der Waals surface area contributed by atoms with E-state index in [9.17, 15) is 4.79 Å². The Balaban J connectivity index is 1.99. The van der Waals surface area contributed by atoms with E-state index in [1.54, 1.807) is 31.3 Å². The fourth-order valence-corrected chi connectivity index (χ4v) is 2.42. The molecule has 2 N–H and O–H groups in total. The van der Waals surface area contributed by atoms with Gasteiger partial charge in [-0.2, -0.15) is 9.78 Å². The standard InChI is InChI=1S/C14H12BrN3O3/c1-8-2-13(16)18(14(19)3-8)17-6-9-4-11-12(5-10(9)15)21-7-20-11/h2-6H,7,16H2,1H3/b17-6-. The van der Waals surface area contributed by atoms with Gasteiger partial charge < -0.3 is 15.2 Å². The molecule has 0 unspecified atom stereocenters. The first-order valence-electron chi connectivity index (χ1n) is 6.17. The Kier molecular flexibility index (Phi) is 3.42. The van der Waals surface area contributed by atoms with E-state index in [-0.39, 0.29) is 18.2 Å². The van der Waals surface area contributed by atoms with Crippen molar-refractivity contribution in [1.29, 1.82) is 0 Å². The topological polar surface area (TPSA) is 78.8 Å². The summed E-state index contributed by atoms with van der Waals surface area (Å²) in [4.78, 5) is 11.9. The molecule has 0 atom stereocenters. The Labute approximate surface area is 128 Å². The number of rotatable bonds is 2. The van der Waals surface area contributed by atoms with Gasteiger partial charge in [0.1, 0.15) is 5.82 Å². The van der Waals surface area contributed by atoms with Gasteiger partial charge in [-0.1, -0.05) is 0 Å². The molecule has 0 bridgehead atoms. The molecule has 0 saturated heterocycles. The van der Waals surface area contributed by atoms with Gasteiger partial charge in [0.15, 0.2) is 11.5 Å². The lowest BCUT2D eigenvalue weighted by Crippen LogP contribution is -2.19. The summed E-state index contributed by atoms with van der Waals surface area (Å²) < 4.78 is 12.5. The summed E-state index contributed by atoms with van der Waals surface area (Å²) in [5.41, 5.74) is 7.09. The zero-order chi connectivity index (χ0) is 15.0. The van der Waals surface area contributed by atoms with Gasteiger partial charge >= 0.3 is 0 Å². The molecule has 0 spiro atoms. The highest BCUT2D eigenvalue weighted by Gasteiger charge is 2.15. The van der Waals surface area contributed by atoms with Crippen molar-refractivity contribution in [3.05, 3.63) is 50.2 Å². The number of pyridine rings is 1. The zero-order valence-electron chi connectivity index (χ0n) is 11.2. The van der Waals surface area contributed by atoms with Crippen molar-refractivity contribution in [3.8, 4) is 11.5 Å². The zero-order valence-corrected chi connectivity index (χ0v) is 12.8. The third kappa shape index (κ3) is 2.64. The molecule has 1 aromatic heterocycles. The number of aromatic nitrogens is 1. The van der Waals surface area contributed by atoms with E-state index in [1.807, 2.05) is 0 Å². The van der Waals surface area contributed by atoms with Crippen LogP contribution < -0.4 is 20.8 Å². The van der Waals surface area contributed by atoms with Crippen LogP contribution in [-0.2, 0) is 0 Å². The molecule has 1 aromatic carbocycles. The summed E-state index contributed by atoms with van der Waals surface area (Å²) in [6, 6.07) is 6.74. The van der Waals surface area contributed by atoms with Crippen LogP contribution in [0.1, 0.15) is 11.1 Å². The molecular formula is C14H12BrN3O3. The van der Waals surface area contributed by atoms with Crippen molar-refractivity contribution in [3.63, 3.8) is 0 Å². The number of anilines is 1. The maximum Gasteiger partial charge on any atom is 0.273 e. The van der Waals surface area contributed by atoms with E-state index in [0.29, 0.717) is 11.5 Å². The van der Waals surface area contributed by atoms with Crippen LogP contribution in [0, 0.1) is 6.92 Å². The first-order valence-corrected chi connectivity index (χ1v) is 6.96. The number of nitrogens with two attached hydrogens (primary N) is 1.